The standard InChI is InChI=1S/C15H17N3OS/c1-9(16)13-8-20-15(17-13)18-14(19)12-6-10-4-2-3-5-11(10)7-12/h2-5,8-9,12H,6-7,16H2,1H3,(H,17,18,19). The lowest BCUT2D eigenvalue weighted by Gasteiger charge is -2.08. The number of nitrogens with zero attached hydrogens (tertiary/aromatic N) is 1. The monoisotopic (exact) mass is 287 g/mol. The van der Waals surface area contributed by atoms with Crippen LogP contribution in [0.3, 0.4) is 0 Å². The van der Waals surface area contributed by atoms with Crippen LogP contribution in [-0.2, 0) is 17.6 Å². The van der Waals surface area contributed by atoms with E-state index in [-0.39, 0.29) is 17.9 Å². The molecule has 1 aromatic carbocycles. The van der Waals surface area contributed by atoms with E-state index in [1.165, 1.54) is 22.5 Å². The number of rotatable bonds is 3. The van der Waals surface area contributed by atoms with Gasteiger partial charge in [0.2, 0.25) is 5.91 Å². The molecule has 1 aliphatic rings. The summed E-state index contributed by atoms with van der Waals surface area (Å²) in [4.78, 5) is 16.6. The fraction of sp³-hybridized carbons (Fsp3) is 0.333. The van der Waals surface area contributed by atoms with Crippen molar-refractivity contribution < 1.29 is 4.79 Å². The molecule has 20 heavy (non-hydrogen) atoms. The summed E-state index contributed by atoms with van der Waals surface area (Å²) in [7, 11) is 0. The lowest BCUT2D eigenvalue weighted by atomic mass is 10.1. The number of nitrogens with two attached hydrogens (primary N) is 1. The summed E-state index contributed by atoms with van der Waals surface area (Å²) in [6.45, 7) is 1.88. The minimum atomic E-state index is -0.104. The van der Waals surface area contributed by atoms with Gasteiger partial charge in [-0.1, -0.05) is 24.3 Å². The number of hydrogen-bond donors (Lipinski definition) is 2. The maximum atomic E-state index is 12.3. The number of carbonyl (C=O) groups excluding carboxylic acids is 1. The van der Waals surface area contributed by atoms with Crippen LogP contribution in [-0.4, -0.2) is 10.9 Å². The minimum absolute atomic E-state index is 0.00931. The molecule has 2 aromatic rings. The van der Waals surface area contributed by atoms with E-state index in [9.17, 15) is 4.79 Å². The van der Waals surface area contributed by atoms with Crippen LogP contribution in [0, 0.1) is 5.92 Å². The molecule has 1 unspecified atom stereocenters. The van der Waals surface area contributed by atoms with Crippen LogP contribution in [0.1, 0.15) is 29.8 Å². The highest BCUT2D eigenvalue weighted by atomic mass is 32.1. The molecular formula is C15H17N3OS. The van der Waals surface area contributed by atoms with E-state index in [0.29, 0.717) is 5.13 Å². The van der Waals surface area contributed by atoms with E-state index in [2.05, 4.69) is 22.4 Å². The zero-order valence-electron chi connectivity index (χ0n) is 11.3. The topological polar surface area (TPSA) is 68.0 Å². The van der Waals surface area contributed by atoms with Crippen LogP contribution in [0.15, 0.2) is 29.6 Å². The van der Waals surface area contributed by atoms with E-state index in [1.54, 1.807) is 0 Å². The Hall–Kier alpha value is -1.72. The maximum absolute atomic E-state index is 12.3. The summed E-state index contributed by atoms with van der Waals surface area (Å²) >= 11 is 1.43. The van der Waals surface area contributed by atoms with Crippen molar-refractivity contribution in [2.75, 3.05) is 5.32 Å². The highest BCUT2D eigenvalue weighted by Crippen LogP contribution is 2.28. The predicted octanol–water partition coefficient (Wildman–Crippen LogP) is 2.52. The second-order valence-electron chi connectivity index (χ2n) is 5.23. The summed E-state index contributed by atoms with van der Waals surface area (Å²) in [5, 5.41) is 5.44. The Bertz CT molecular complexity index is 611. The predicted molar refractivity (Wildman–Crippen MR) is 80.7 cm³/mol. The molecule has 0 aliphatic heterocycles. The van der Waals surface area contributed by atoms with Crippen LogP contribution in [0.5, 0.6) is 0 Å². The zero-order chi connectivity index (χ0) is 14.1. The van der Waals surface area contributed by atoms with Gasteiger partial charge in [-0.3, -0.25) is 4.79 Å². The lowest BCUT2D eigenvalue weighted by Crippen LogP contribution is -2.23. The Labute approximate surface area is 122 Å². The molecule has 0 radical (unpaired) electrons. The van der Waals surface area contributed by atoms with Crippen LogP contribution in [0.25, 0.3) is 0 Å². The van der Waals surface area contributed by atoms with Crippen molar-refractivity contribution >= 4 is 22.4 Å². The first-order valence-corrected chi connectivity index (χ1v) is 7.60. The fourth-order valence-electron chi connectivity index (χ4n) is 2.50. The number of fused-ring (bicyclic) bond motifs is 1. The number of benzene rings is 1. The Kier molecular flexibility index (Phi) is 3.54. The molecule has 1 aromatic heterocycles. The fourth-order valence-corrected chi connectivity index (χ4v) is 3.32. The van der Waals surface area contributed by atoms with E-state index in [4.69, 9.17) is 5.73 Å². The number of carbonyl (C=O) groups is 1. The van der Waals surface area contributed by atoms with Crippen LogP contribution in [0.4, 0.5) is 5.13 Å². The normalized spacial score (nSPS) is 15.9. The van der Waals surface area contributed by atoms with Crippen molar-refractivity contribution in [3.05, 3.63) is 46.5 Å². The van der Waals surface area contributed by atoms with Gasteiger partial charge in [-0.05, 0) is 30.9 Å². The summed E-state index contributed by atoms with van der Waals surface area (Å²) in [5.41, 5.74) is 9.15. The van der Waals surface area contributed by atoms with Gasteiger partial charge in [0.25, 0.3) is 0 Å². The van der Waals surface area contributed by atoms with Crippen molar-refractivity contribution in [1.29, 1.82) is 0 Å². The summed E-state index contributed by atoms with van der Waals surface area (Å²) in [6, 6.07) is 8.14. The van der Waals surface area contributed by atoms with E-state index >= 15 is 0 Å². The third kappa shape index (κ3) is 2.59. The molecule has 1 heterocycles. The Morgan fingerprint density at radius 2 is 2.05 bits per heavy atom. The molecule has 0 saturated heterocycles. The molecule has 0 bridgehead atoms. The van der Waals surface area contributed by atoms with Gasteiger partial charge in [0.05, 0.1) is 5.69 Å². The Morgan fingerprint density at radius 1 is 1.40 bits per heavy atom. The molecule has 5 heteroatoms. The average molecular weight is 287 g/mol. The molecule has 0 saturated carbocycles. The number of nitrogens with one attached hydrogen (secondary N) is 1. The number of aromatic nitrogens is 1. The second-order valence-corrected chi connectivity index (χ2v) is 6.09. The Morgan fingerprint density at radius 3 is 2.60 bits per heavy atom. The number of hydrogen-bond acceptors (Lipinski definition) is 4. The first-order valence-electron chi connectivity index (χ1n) is 6.72. The van der Waals surface area contributed by atoms with Crippen molar-refractivity contribution in [2.24, 2.45) is 11.7 Å². The highest BCUT2D eigenvalue weighted by molar-refractivity contribution is 7.13. The van der Waals surface area contributed by atoms with Gasteiger partial charge in [-0.25, -0.2) is 4.98 Å². The van der Waals surface area contributed by atoms with Gasteiger partial charge < -0.3 is 11.1 Å². The van der Waals surface area contributed by atoms with Crippen molar-refractivity contribution in [2.45, 2.75) is 25.8 Å². The van der Waals surface area contributed by atoms with Gasteiger partial charge in [-0.2, -0.15) is 0 Å². The van der Waals surface area contributed by atoms with Crippen LogP contribution < -0.4 is 11.1 Å². The lowest BCUT2D eigenvalue weighted by molar-refractivity contribution is -0.119. The molecule has 1 amide bonds. The maximum Gasteiger partial charge on any atom is 0.229 e. The van der Waals surface area contributed by atoms with Gasteiger partial charge in [0.15, 0.2) is 5.13 Å². The van der Waals surface area contributed by atoms with E-state index < -0.39 is 0 Å². The van der Waals surface area contributed by atoms with Crippen LogP contribution in [0.2, 0.25) is 0 Å². The zero-order valence-corrected chi connectivity index (χ0v) is 12.1. The van der Waals surface area contributed by atoms with Gasteiger partial charge in [0, 0.05) is 17.3 Å². The SMILES string of the molecule is CC(N)c1csc(NC(=O)C2Cc3ccccc3C2)n1. The van der Waals surface area contributed by atoms with Gasteiger partial charge in [0.1, 0.15) is 0 Å². The second kappa shape index (κ2) is 5.34. The number of anilines is 1. The first kappa shape index (κ1) is 13.3. The molecule has 1 aliphatic carbocycles. The summed E-state index contributed by atoms with van der Waals surface area (Å²) in [5.74, 6) is 0.0572. The smallest absolute Gasteiger partial charge is 0.229 e. The van der Waals surface area contributed by atoms with Crippen molar-refractivity contribution in [3.63, 3.8) is 0 Å². The minimum Gasteiger partial charge on any atom is -0.323 e. The molecule has 4 nitrogen and oxygen atoms in total. The van der Waals surface area contributed by atoms with Crippen molar-refractivity contribution in [1.82, 2.24) is 4.98 Å². The van der Waals surface area contributed by atoms with E-state index in [1.807, 2.05) is 24.4 Å². The van der Waals surface area contributed by atoms with Crippen molar-refractivity contribution in [3.8, 4) is 0 Å². The molecular weight excluding hydrogens is 270 g/mol. The number of amides is 1. The molecule has 3 N–H and O–H groups in total. The summed E-state index contributed by atoms with van der Waals surface area (Å²) in [6.07, 6.45) is 1.63. The third-order valence-electron chi connectivity index (χ3n) is 3.64. The van der Waals surface area contributed by atoms with Gasteiger partial charge >= 0.3 is 0 Å². The highest BCUT2D eigenvalue weighted by Gasteiger charge is 2.27. The molecule has 0 fully saturated rings. The molecule has 3 rings (SSSR count). The molecule has 1 atom stereocenters. The molecule has 104 valence electrons. The van der Waals surface area contributed by atoms with Gasteiger partial charge in [-0.15, -0.1) is 11.3 Å². The third-order valence-corrected chi connectivity index (χ3v) is 4.42. The summed E-state index contributed by atoms with van der Waals surface area (Å²) < 4.78 is 0. The molecule has 0 spiro atoms. The number of thiazole rings is 1. The van der Waals surface area contributed by atoms with Crippen LogP contribution >= 0.6 is 11.3 Å². The van der Waals surface area contributed by atoms with E-state index in [0.717, 1.165) is 18.5 Å². The largest absolute Gasteiger partial charge is 0.323 e. The first-order chi connectivity index (χ1) is 9.63. The quantitative estimate of drug-likeness (QED) is 0.911. The Balaban J connectivity index is 1.66. The average Bonchev–Trinajstić information content (AvgIpc) is 3.04.